The van der Waals surface area contributed by atoms with Crippen molar-refractivity contribution in [1.82, 2.24) is 14.8 Å². The largest absolute Gasteiger partial charge is 0.506 e. The Hall–Kier alpha value is -2.79. The van der Waals surface area contributed by atoms with Crippen LogP contribution < -0.4 is 0 Å². The van der Waals surface area contributed by atoms with Crippen molar-refractivity contribution in [2.45, 2.75) is 56.6 Å². The molecule has 1 unspecified atom stereocenters. The maximum absolute atomic E-state index is 16.9. The van der Waals surface area contributed by atoms with E-state index < -0.39 is 29.2 Å². The molecule has 6 rings (SSSR count). The highest BCUT2D eigenvalue weighted by Gasteiger charge is 2.56. The number of fused-ring (bicyclic) bond motifs is 1. The van der Waals surface area contributed by atoms with Crippen LogP contribution in [-0.4, -0.2) is 70.4 Å². The number of ether oxygens (including phenoxy) is 2. The SMILES string of the molecule is CC[C@@](O)(c1cc(F)c2c(c1)C(=O)N(Cc1ncc(Cl)cc1O)C2(O[C@H]1CCOC1)c1ccc(Cl)cc1)C1CCN(C)CC1. The van der Waals surface area contributed by atoms with Gasteiger partial charge in [-0.1, -0.05) is 42.3 Å². The van der Waals surface area contributed by atoms with Crippen LogP contribution in [0.15, 0.2) is 48.7 Å². The van der Waals surface area contributed by atoms with E-state index in [1.165, 1.54) is 23.2 Å². The Bertz CT molecular complexity index is 1550. The van der Waals surface area contributed by atoms with Crippen LogP contribution in [0.2, 0.25) is 10.0 Å². The van der Waals surface area contributed by atoms with Crippen LogP contribution in [0.3, 0.4) is 0 Å². The number of pyridine rings is 1. The summed E-state index contributed by atoms with van der Waals surface area (Å²) in [5, 5.41) is 23.5. The number of benzene rings is 2. The lowest BCUT2D eigenvalue weighted by Crippen LogP contribution is -2.49. The summed E-state index contributed by atoms with van der Waals surface area (Å²) >= 11 is 12.3. The van der Waals surface area contributed by atoms with E-state index in [0.29, 0.717) is 35.6 Å². The van der Waals surface area contributed by atoms with Gasteiger partial charge in [-0.25, -0.2) is 4.39 Å². The summed E-state index contributed by atoms with van der Waals surface area (Å²) in [6.07, 6.45) is 3.33. The Morgan fingerprint density at radius 3 is 2.50 bits per heavy atom. The monoisotopic (exact) mass is 643 g/mol. The lowest BCUT2D eigenvalue weighted by atomic mass is 9.73. The van der Waals surface area contributed by atoms with Crippen LogP contribution in [0, 0.1) is 11.7 Å². The first-order chi connectivity index (χ1) is 21.1. The number of piperidine rings is 1. The molecule has 3 atom stereocenters. The molecular formula is C33H36Cl2FN3O5. The van der Waals surface area contributed by atoms with E-state index >= 15 is 4.39 Å². The highest BCUT2D eigenvalue weighted by atomic mass is 35.5. The number of carbonyl (C=O) groups is 1. The highest BCUT2D eigenvalue weighted by molar-refractivity contribution is 6.30. The number of halogens is 3. The van der Waals surface area contributed by atoms with Crippen molar-refractivity contribution in [3.63, 3.8) is 0 Å². The van der Waals surface area contributed by atoms with Crippen molar-refractivity contribution in [3.8, 4) is 5.75 Å². The number of aromatic nitrogens is 1. The minimum absolute atomic E-state index is 0.0377. The topological polar surface area (TPSA) is 95.4 Å². The van der Waals surface area contributed by atoms with Gasteiger partial charge in [-0.05, 0) is 81.6 Å². The van der Waals surface area contributed by atoms with Crippen LogP contribution in [0.25, 0.3) is 0 Å². The molecule has 2 aromatic carbocycles. The first kappa shape index (κ1) is 31.2. The van der Waals surface area contributed by atoms with Crippen molar-refractivity contribution >= 4 is 29.1 Å². The molecule has 0 radical (unpaired) electrons. The van der Waals surface area contributed by atoms with Gasteiger partial charge in [0.1, 0.15) is 17.3 Å². The van der Waals surface area contributed by atoms with Gasteiger partial charge in [0.25, 0.3) is 5.91 Å². The summed E-state index contributed by atoms with van der Waals surface area (Å²) in [6.45, 7) is 4.04. The first-order valence-corrected chi connectivity index (χ1v) is 15.7. The van der Waals surface area contributed by atoms with Crippen molar-refractivity contribution in [2.24, 2.45) is 5.92 Å². The van der Waals surface area contributed by atoms with E-state index in [2.05, 4.69) is 9.88 Å². The van der Waals surface area contributed by atoms with E-state index in [0.717, 1.165) is 25.9 Å². The van der Waals surface area contributed by atoms with Gasteiger partial charge in [-0.15, -0.1) is 0 Å². The molecule has 1 aromatic heterocycles. The Labute approximate surface area is 266 Å². The Balaban J connectivity index is 1.55. The molecule has 0 saturated carbocycles. The first-order valence-electron chi connectivity index (χ1n) is 15.0. The fourth-order valence-corrected chi connectivity index (χ4v) is 7.21. The molecule has 3 aliphatic rings. The Morgan fingerprint density at radius 1 is 1.14 bits per heavy atom. The molecule has 8 nitrogen and oxygen atoms in total. The molecule has 0 aliphatic carbocycles. The molecule has 44 heavy (non-hydrogen) atoms. The van der Waals surface area contributed by atoms with Crippen LogP contribution >= 0.6 is 23.2 Å². The van der Waals surface area contributed by atoms with Crippen LogP contribution in [-0.2, 0) is 27.3 Å². The second kappa shape index (κ2) is 12.2. The van der Waals surface area contributed by atoms with Crippen LogP contribution in [0.1, 0.15) is 65.3 Å². The molecule has 234 valence electrons. The summed E-state index contributed by atoms with van der Waals surface area (Å²) in [5.41, 5.74) is -1.95. The van der Waals surface area contributed by atoms with Gasteiger partial charge in [0, 0.05) is 29.5 Å². The average molecular weight is 645 g/mol. The normalized spacial score (nSPS) is 24.1. The molecule has 2 N–H and O–H groups in total. The predicted molar refractivity (Wildman–Crippen MR) is 164 cm³/mol. The second-order valence-electron chi connectivity index (χ2n) is 12.0. The molecule has 2 saturated heterocycles. The summed E-state index contributed by atoms with van der Waals surface area (Å²) in [7, 11) is 2.04. The van der Waals surface area contributed by atoms with E-state index in [-0.39, 0.29) is 46.7 Å². The van der Waals surface area contributed by atoms with Crippen molar-refractivity contribution in [3.05, 3.63) is 92.5 Å². The molecular weight excluding hydrogens is 608 g/mol. The molecule has 1 amide bonds. The zero-order valence-electron chi connectivity index (χ0n) is 24.7. The lowest BCUT2D eigenvalue weighted by molar-refractivity contribution is -0.148. The van der Waals surface area contributed by atoms with E-state index in [4.69, 9.17) is 32.7 Å². The van der Waals surface area contributed by atoms with Crippen molar-refractivity contribution in [1.29, 1.82) is 0 Å². The fraction of sp³-hybridized carbons (Fsp3) is 0.455. The number of likely N-dealkylation sites (tertiary alicyclic amines) is 1. The number of hydrogen-bond donors (Lipinski definition) is 2. The molecule has 3 aliphatic heterocycles. The van der Waals surface area contributed by atoms with Gasteiger partial charge in [0.15, 0.2) is 0 Å². The summed E-state index contributed by atoms with van der Waals surface area (Å²) < 4.78 is 29.3. The number of aliphatic hydroxyl groups is 1. The number of carbonyl (C=O) groups excluding carboxylic acids is 1. The summed E-state index contributed by atoms with van der Waals surface area (Å²) in [6, 6.07) is 11.1. The smallest absolute Gasteiger partial charge is 0.257 e. The molecule has 11 heteroatoms. The molecule has 0 bridgehead atoms. The molecule has 0 spiro atoms. The van der Waals surface area contributed by atoms with E-state index in [9.17, 15) is 15.0 Å². The third kappa shape index (κ3) is 5.37. The highest BCUT2D eigenvalue weighted by Crippen LogP contribution is 2.51. The standard InChI is InChI=1S/C33H36Cl2FN3O5/c1-3-32(42,20-8-11-38(2)12-9-20)22-14-26-30(27(36)15-22)33(44-25-10-13-43-19-25,21-4-6-23(34)7-5-21)39(31(26)41)18-28-29(40)16-24(35)17-37-28/h4-7,14-17,20,25,40,42H,3,8-13,18-19H2,1-2H3/t25-,32-,33?/m0/s1. The lowest BCUT2D eigenvalue weighted by Gasteiger charge is -2.42. The average Bonchev–Trinajstić information content (AvgIpc) is 3.60. The van der Waals surface area contributed by atoms with Gasteiger partial charge >= 0.3 is 0 Å². The van der Waals surface area contributed by atoms with Crippen molar-refractivity contribution < 1.29 is 28.9 Å². The fourth-order valence-electron chi connectivity index (χ4n) is 6.93. The van der Waals surface area contributed by atoms with E-state index in [1.807, 2.05) is 14.0 Å². The molecule has 4 heterocycles. The van der Waals surface area contributed by atoms with Crippen LogP contribution in [0.4, 0.5) is 4.39 Å². The third-order valence-corrected chi connectivity index (χ3v) is 9.86. The number of hydrogen-bond acceptors (Lipinski definition) is 7. The summed E-state index contributed by atoms with van der Waals surface area (Å²) in [4.78, 5) is 22.4. The minimum atomic E-state index is -1.75. The van der Waals surface area contributed by atoms with Gasteiger partial charge in [-0.2, -0.15) is 0 Å². The van der Waals surface area contributed by atoms with Crippen LogP contribution in [0.5, 0.6) is 5.75 Å². The van der Waals surface area contributed by atoms with Gasteiger partial charge in [0.05, 0.1) is 41.0 Å². The van der Waals surface area contributed by atoms with Gasteiger partial charge in [-0.3, -0.25) is 14.7 Å². The zero-order chi connectivity index (χ0) is 31.2. The Kier molecular flexibility index (Phi) is 8.65. The Morgan fingerprint density at radius 2 is 1.86 bits per heavy atom. The third-order valence-electron chi connectivity index (χ3n) is 9.40. The molecule has 2 fully saturated rings. The number of rotatable bonds is 8. The van der Waals surface area contributed by atoms with Crippen molar-refractivity contribution in [2.75, 3.05) is 33.4 Å². The summed E-state index contributed by atoms with van der Waals surface area (Å²) in [5.74, 6) is -1.50. The number of amides is 1. The predicted octanol–water partition coefficient (Wildman–Crippen LogP) is 5.84. The second-order valence-corrected chi connectivity index (χ2v) is 12.9. The number of aromatic hydroxyl groups is 1. The molecule has 3 aromatic rings. The van der Waals surface area contributed by atoms with E-state index in [1.54, 1.807) is 30.3 Å². The maximum atomic E-state index is 16.9. The quantitative estimate of drug-likeness (QED) is 0.319. The van der Waals surface area contributed by atoms with Gasteiger partial charge < -0.3 is 24.6 Å². The maximum Gasteiger partial charge on any atom is 0.257 e. The zero-order valence-corrected chi connectivity index (χ0v) is 26.2. The van der Waals surface area contributed by atoms with Gasteiger partial charge in [0.2, 0.25) is 5.72 Å². The minimum Gasteiger partial charge on any atom is -0.506 e. The number of nitrogens with zero attached hydrogens (tertiary/aromatic N) is 3.